The van der Waals surface area contributed by atoms with Gasteiger partial charge in [-0.2, -0.15) is 0 Å². The fourth-order valence-electron chi connectivity index (χ4n) is 2.65. The number of aliphatic hydroxyl groups excluding tert-OH is 1. The van der Waals surface area contributed by atoms with Gasteiger partial charge in [-0.05, 0) is 31.6 Å². The zero-order chi connectivity index (χ0) is 11.6. The minimum absolute atomic E-state index is 0.322. The summed E-state index contributed by atoms with van der Waals surface area (Å²) < 4.78 is 35.9. The van der Waals surface area contributed by atoms with Crippen LogP contribution in [0.5, 0.6) is 0 Å². The molecule has 0 radical (unpaired) electrons. The summed E-state index contributed by atoms with van der Waals surface area (Å²) in [6.45, 7) is 1.71. The Morgan fingerprint density at radius 3 is 2.50 bits per heavy atom. The molecule has 2 rings (SSSR count). The second-order valence-corrected chi connectivity index (χ2v) is 4.72. The van der Waals surface area contributed by atoms with E-state index in [0.29, 0.717) is 32.7 Å². The lowest BCUT2D eigenvalue weighted by molar-refractivity contribution is -0.169. The molecule has 2 unspecified atom stereocenters. The minimum atomic E-state index is -2.65. The Bertz CT molecular complexity index is 224. The fourth-order valence-corrected chi connectivity index (χ4v) is 2.65. The molecule has 5 heteroatoms. The molecular formula is C11H18F2O3. The first kappa shape index (κ1) is 12.2. The van der Waals surface area contributed by atoms with E-state index in [1.54, 1.807) is 0 Å². The molecule has 0 amide bonds. The van der Waals surface area contributed by atoms with Crippen LogP contribution in [0.15, 0.2) is 0 Å². The fraction of sp³-hybridized carbons (Fsp3) is 1.00. The first-order valence-corrected chi connectivity index (χ1v) is 5.81. The number of ether oxygens (including phenoxy) is 2. The summed E-state index contributed by atoms with van der Waals surface area (Å²) in [6, 6.07) is 0. The van der Waals surface area contributed by atoms with E-state index in [1.807, 2.05) is 0 Å². The van der Waals surface area contributed by atoms with Crippen LogP contribution in [0.1, 0.15) is 25.7 Å². The maximum Gasteiger partial charge on any atom is 0.264 e. The van der Waals surface area contributed by atoms with Crippen LogP contribution in [-0.4, -0.2) is 43.1 Å². The van der Waals surface area contributed by atoms with E-state index in [-0.39, 0.29) is 11.5 Å². The van der Waals surface area contributed by atoms with Crippen LogP contribution in [0.3, 0.4) is 0 Å². The van der Waals surface area contributed by atoms with E-state index in [2.05, 4.69) is 0 Å². The summed E-state index contributed by atoms with van der Waals surface area (Å²) in [6.07, 6.45) is -1.61. The number of alkyl halides is 2. The van der Waals surface area contributed by atoms with Crippen LogP contribution in [0.4, 0.5) is 8.78 Å². The zero-order valence-corrected chi connectivity index (χ0v) is 9.20. The van der Waals surface area contributed by atoms with Crippen LogP contribution < -0.4 is 0 Å². The number of hydrogen-bond donors (Lipinski definition) is 1. The lowest BCUT2D eigenvalue weighted by atomic mass is 9.78. The van der Waals surface area contributed by atoms with Crippen molar-refractivity contribution in [3.05, 3.63) is 0 Å². The first-order chi connectivity index (χ1) is 7.63. The van der Waals surface area contributed by atoms with Gasteiger partial charge in [-0.15, -0.1) is 0 Å². The molecule has 1 spiro atoms. The number of halogens is 2. The van der Waals surface area contributed by atoms with E-state index in [1.165, 1.54) is 0 Å². The van der Waals surface area contributed by atoms with Crippen molar-refractivity contribution in [1.82, 2.24) is 0 Å². The Morgan fingerprint density at radius 2 is 1.88 bits per heavy atom. The minimum Gasteiger partial charge on any atom is -0.387 e. The number of hydrogen-bond acceptors (Lipinski definition) is 3. The molecule has 2 heterocycles. The van der Waals surface area contributed by atoms with E-state index >= 15 is 0 Å². The molecule has 2 fully saturated rings. The normalized spacial score (nSPS) is 31.9. The lowest BCUT2D eigenvalue weighted by Gasteiger charge is -2.44. The average molecular weight is 236 g/mol. The largest absolute Gasteiger partial charge is 0.387 e. The Balaban J connectivity index is 1.97. The van der Waals surface area contributed by atoms with Crippen LogP contribution in [-0.2, 0) is 9.47 Å². The van der Waals surface area contributed by atoms with Gasteiger partial charge in [0.2, 0.25) is 0 Å². The quantitative estimate of drug-likeness (QED) is 0.791. The molecule has 2 atom stereocenters. The van der Waals surface area contributed by atoms with Crippen molar-refractivity contribution in [2.75, 3.05) is 19.8 Å². The summed E-state index contributed by atoms with van der Waals surface area (Å²) >= 11 is 0. The van der Waals surface area contributed by atoms with E-state index in [0.717, 1.165) is 12.8 Å². The van der Waals surface area contributed by atoms with Crippen molar-refractivity contribution < 1.29 is 23.4 Å². The van der Waals surface area contributed by atoms with Gasteiger partial charge in [0, 0.05) is 19.8 Å². The third-order valence-corrected chi connectivity index (χ3v) is 3.68. The summed E-state index contributed by atoms with van der Waals surface area (Å²) in [5.41, 5.74) is -0.322. The predicted octanol–water partition coefficient (Wildman–Crippen LogP) is 1.59. The summed E-state index contributed by atoms with van der Waals surface area (Å²) in [5, 5.41) is 9.43. The summed E-state index contributed by atoms with van der Waals surface area (Å²) in [5.74, 6) is -0.341. The summed E-state index contributed by atoms with van der Waals surface area (Å²) in [4.78, 5) is 0. The molecule has 2 saturated heterocycles. The lowest BCUT2D eigenvalue weighted by Crippen LogP contribution is -2.47. The highest BCUT2D eigenvalue weighted by molar-refractivity contribution is 4.91. The second kappa shape index (κ2) is 4.94. The third kappa shape index (κ3) is 2.52. The number of rotatable bonds is 2. The molecular weight excluding hydrogens is 218 g/mol. The van der Waals surface area contributed by atoms with Gasteiger partial charge in [0.25, 0.3) is 6.43 Å². The molecule has 2 aliphatic rings. The summed E-state index contributed by atoms with van der Waals surface area (Å²) in [7, 11) is 0. The van der Waals surface area contributed by atoms with Gasteiger partial charge in [0.1, 0.15) is 6.10 Å². The molecule has 0 aromatic heterocycles. The molecule has 0 aliphatic carbocycles. The van der Waals surface area contributed by atoms with Gasteiger partial charge in [0.05, 0.1) is 5.60 Å². The molecule has 2 aliphatic heterocycles. The van der Waals surface area contributed by atoms with E-state index in [4.69, 9.17) is 9.47 Å². The van der Waals surface area contributed by atoms with E-state index < -0.39 is 12.5 Å². The zero-order valence-electron chi connectivity index (χ0n) is 9.20. The molecule has 0 aromatic rings. The van der Waals surface area contributed by atoms with Crippen molar-refractivity contribution >= 4 is 0 Å². The van der Waals surface area contributed by atoms with Gasteiger partial charge >= 0.3 is 0 Å². The van der Waals surface area contributed by atoms with Gasteiger partial charge < -0.3 is 14.6 Å². The molecule has 0 bridgehead atoms. The van der Waals surface area contributed by atoms with Gasteiger partial charge in [0.15, 0.2) is 0 Å². The van der Waals surface area contributed by atoms with Crippen molar-refractivity contribution in [2.45, 2.75) is 43.8 Å². The molecule has 3 nitrogen and oxygen atoms in total. The molecule has 0 aromatic carbocycles. The van der Waals surface area contributed by atoms with Crippen LogP contribution in [0, 0.1) is 5.92 Å². The van der Waals surface area contributed by atoms with Crippen molar-refractivity contribution in [3.8, 4) is 0 Å². The smallest absolute Gasteiger partial charge is 0.264 e. The Labute approximate surface area is 93.7 Å². The first-order valence-electron chi connectivity index (χ1n) is 5.81. The second-order valence-electron chi connectivity index (χ2n) is 4.72. The maximum absolute atomic E-state index is 12.5. The molecule has 1 N–H and O–H groups in total. The monoisotopic (exact) mass is 236 g/mol. The maximum atomic E-state index is 12.5. The standard InChI is InChI=1S/C11H18F2O3/c12-10(13)9(14)8-1-4-16-11(7-8)2-5-15-6-3-11/h8-10,14H,1-7H2. The molecule has 16 heavy (non-hydrogen) atoms. The topological polar surface area (TPSA) is 38.7 Å². The van der Waals surface area contributed by atoms with Gasteiger partial charge in [-0.1, -0.05) is 0 Å². The van der Waals surface area contributed by atoms with Gasteiger partial charge in [-0.3, -0.25) is 0 Å². The van der Waals surface area contributed by atoms with Crippen molar-refractivity contribution in [3.63, 3.8) is 0 Å². The predicted molar refractivity (Wildman–Crippen MR) is 53.5 cm³/mol. The highest BCUT2D eigenvalue weighted by Gasteiger charge is 2.42. The molecule has 0 saturated carbocycles. The Hall–Kier alpha value is -0.260. The Morgan fingerprint density at radius 1 is 1.19 bits per heavy atom. The van der Waals surface area contributed by atoms with Crippen LogP contribution >= 0.6 is 0 Å². The van der Waals surface area contributed by atoms with Crippen molar-refractivity contribution in [2.24, 2.45) is 5.92 Å². The SMILES string of the molecule is OC(C(F)F)C1CCOC2(CCOCC2)C1. The number of aliphatic hydroxyl groups is 1. The average Bonchev–Trinajstić information content (AvgIpc) is 2.29. The third-order valence-electron chi connectivity index (χ3n) is 3.68. The van der Waals surface area contributed by atoms with Gasteiger partial charge in [-0.25, -0.2) is 8.78 Å². The van der Waals surface area contributed by atoms with Crippen molar-refractivity contribution in [1.29, 1.82) is 0 Å². The van der Waals surface area contributed by atoms with Crippen LogP contribution in [0.25, 0.3) is 0 Å². The highest BCUT2D eigenvalue weighted by atomic mass is 19.3. The Kier molecular flexibility index (Phi) is 3.77. The van der Waals surface area contributed by atoms with E-state index in [9.17, 15) is 13.9 Å². The highest BCUT2D eigenvalue weighted by Crippen LogP contribution is 2.39. The molecule has 94 valence electrons. The van der Waals surface area contributed by atoms with Crippen LogP contribution in [0.2, 0.25) is 0 Å².